The summed E-state index contributed by atoms with van der Waals surface area (Å²) in [5.41, 5.74) is 1.66. The van der Waals surface area contributed by atoms with E-state index in [2.05, 4.69) is 0 Å². The lowest BCUT2D eigenvalue weighted by molar-refractivity contribution is -0.142. The molecule has 1 atom stereocenters. The third-order valence-corrected chi connectivity index (χ3v) is 3.87. The fraction of sp³-hybridized carbons (Fsp3) is 0.278. The Labute approximate surface area is 140 Å². The molecule has 0 spiro atoms. The molecule has 0 aliphatic carbocycles. The summed E-state index contributed by atoms with van der Waals surface area (Å²) >= 11 is 0. The van der Waals surface area contributed by atoms with Gasteiger partial charge in [0.15, 0.2) is 5.92 Å². The van der Waals surface area contributed by atoms with Crippen LogP contribution in [0.25, 0.3) is 10.9 Å². The molecule has 2 rings (SSSR count). The molecule has 6 heteroatoms. The van der Waals surface area contributed by atoms with Gasteiger partial charge in [0.25, 0.3) is 0 Å². The quantitative estimate of drug-likeness (QED) is 0.638. The van der Waals surface area contributed by atoms with Crippen molar-refractivity contribution in [2.45, 2.75) is 13.8 Å². The van der Waals surface area contributed by atoms with E-state index in [9.17, 15) is 14.4 Å². The van der Waals surface area contributed by atoms with Crippen LogP contribution >= 0.6 is 0 Å². The molecule has 1 amide bonds. The highest BCUT2D eigenvalue weighted by Crippen LogP contribution is 2.22. The third-order valence-electron chi connectivity index (χ3n) is 3.87. The van der Waals surface area contributed by atoms with E-state index in [1.54, 1.807) is 13.2 Å². The van der Waals surface area contributed by atoms with Crippen molar-refractivity contribution >= 4 is 28.7 Å². The summed E-state index contributed by atoms with van der Waals surface area (Å²) in [6.45, 7) is 3.29. The van der Waals surface area contributed by atoms with Crippen molar-refractivity contribution in [2.75, 3.05) is 14.2 Å². The van der Waals surface area contributed by atoms with E-state index in [0.29, 0.717) is 0 Å². The molecule has 126 valence electrons. The predicted octanol–water partition coefficient (Wildman–Crippen LogP) is 2.37. The van der Waals surface area contributed by atoms with Gasteiger partial charge in [0.05, 0.1) is 12.6 Å². The molecular weight excluding hydrogens is 308 g/mol. The van der Waals surface area contributed by atoms with Crippen molar-refractivity contribution in [3.8, 4) is 0 Å². The van der Waals surface area contributed by atoms with Crippen molar-refractivity contribution in [3.05, 3.63) is 48.3 Å². The zero-order valence-electron chi connectivity index (χ0n) is 14.1. The molecule has 0 fully saturated rings. The number of benzene rings is 1. The van der Waals surface area contributed by atoms with Crippen molar-refractivity contribution in [3.63, 3.8) is 0 Å². The van der Waals surface area contributed by atoms with Gasteiger partial charge in [-0.05, 0) is 24.6 Å². The van der Waals surface area contributed by atoms with Crippen LogP contribution in [0.3, 0.4) is 0 Å². The number of hydrogen-bond acceptors (Lipinski definition) is 4. The summed E-state index contributed by atoms with van der Waals surface area (Å²) in [5, 5.41) is 0.944. The SMILES string of the molecule is COC(=O)C(/C=C/N(C)C(C)=O)C(=O)n1cc(C)c2ccccc21. The highest BCUT2D eigenvalue weighted by atomic mass is 16.5. The molecule has 0 radical (unpaired) electrons. The maximum Gasteiger partial charge on any atom is 0.322 e. The van der Waals surface area contributed by atoms with Crippen LogP contribution in [-0.2, 0) is 14.3 Å². The maximum absolute atomic E-state index is 12.9. The van der Waals surface area contributed by atoms with Gasteiger partial charge in [-0.2, -0.15) is 0 Å². The standard InChI is InChI=1S/C18H20N2O4/c1-12-11-20(16-8-6-5-7-14(12)16)17(22)15(18(23)24-4)9-10-19(3)13(2)21/h5-11,15H,1-4H3/b10-9+. The Morgan fingerprint density at radius 2 is 1.92 bits per heavy atom. The molecule has 24 heavy (non-hydrogen) atoms. The van der Waals surface area contributed by atoms with Crippen molar-refractivity contribution in [1.82, 2.24) is 9.47 Å². The van der Waals surface area contributed by atoms with Crippen molar-refractivity contribution < 1.29 is 19.1 Å². The Hall–Kier alpha value is -2.89. The van der Waals surface area contributed by atoms with Gasteiger partial charge >= 0.3 is 5.97 Å². The van der Waals surface area contributed by atoms with Gasteiger partial charge in [0, 0.05) is 31.8 Å². The lowest BCUT2D eigenvalue weighted by Gasteiger charge is -2.13. The smallest absolute Gasteiger partial charge is 0.322 e. The predicted molar refractivity (Wildman–Crippen MR) is 90.4 cm³/mol. The maximum atomic E-state index is 12.9. The van der Waals surface area contributed by atoms with E-state index in [0.717, 1.165) is 16.5 Å². The average Bonchev–Trinajstić information content (AvgIpc) is 2.91. The number of rotatable bonds is 4. The lowest BCUT2D eigenvalue weighted by atomic mass is 10.1. The van der Waals surface area contributed by atoms with Crippen LogP contribution in [0.2, 0.25) is 0 Å². The number of esters is 1. The van der Waals surface area contributed by atoms with Crippen LogP contribution < -0.4 is 0 Å². The van der Waals surface area contributed by atoms with Gasteiger partial charge < -0.3 is 9.64 Å². The number of fused-ring (bicyclic) bond motifs is 1. The van der Waals surface area contributed by atoms with E-state index in [-0.39, 0.29) is 5.91 Å². The highest BCUT2D eigenvalue weighted by molar-refractivity contribution is 6.05. The number of carbonyl (C=O) groups excluding carboxylic acids is 3. The van der Waals surface area contributed by atoms with Crippen LogP contribution in [0.4, 0.5) is 0 Å². The Kier molecular flexibility index (Phi) is 5.18. The molecule has 0 aliphatic heterocycles. The number of hydrogen-bond donors (Lipinski definition) is 0. The Morgan fingerprint density at radius 3 is 2.54 bits per heavy atom. The normalized spacial score (nSPS) is 12.3. The number of methoxy groups -OCH3 is 1. The molecule has 0 saturated heterocycles. The second-order valence-electron chi connectivity index (χ2n) is 5.51. The van der Waals surface area contributed by atoms with Crippen molar-refractivity contribution in [2.24, 2.45) is 5.92 Å². The molecule has 6 nitrogen and oxygen atoms in total. The number of ether oxygens (including phenoxy) is 1. The van der Waals surface area contributed by atoms with Crippen LogP contribution in [0.15, 0.2) is 42.7 Å². The fourth-order valence-electron chi connectivity index (χ4n) is 2.39. The second-order valence-corrected chi connectivity index (χ2v) is 5.51. The number of aryl methyl sites for hydroxylation is 1. The monoisotopic (exact) mass is 328 g/mol. The molecule has 1 aromatic carbocycles. The van der Waals surface area contributed by atoms with Gasteiger partial charge in [0.1, 0.15) is 0 Å². The molecule has 0 aliphatic rings. The zero-order chi connectivity index (χ0) is 17.9. The first-order valence-corrected chi connectivity index (χ1v) is 7.47. The van der Waals surface area contributed by atoms with E-state index < -0.39 is 17.8 Å². The van der Waals surface area contributed by atoms with Crippen LogP contribution in [0.5, 0.6) is 0 Å². The second kappa shape index (κ2) is 7.12. The summed E-state index contributed by atoms with van der Waals surface area (Å²) < 4.78 is 6.19. The van der Waals surface area contributed by atoms with Crippen molar-refractivity contribution in [1.29, 1.82) is 0 Å². The topological polar surface area (TPSA) is 68.6 Å². The molecular formula is C18H20N2O4. The fourth-order valence-corrected chi connectivity index (χ4v) is 2.39. The first-order valence-electron chi connectivity index (χ1n) is 7.47. The molecule has 1 aromatic heterocycles. The summed E-state index contributed by atoms with van der Waals surface area (Å²) in [6.07, 6.45) is 4.48. The largest absolute Gasteiger partial charge is 0.468 e. The van der Waals surface area contributed by atoms with E-state index in [4.69, 9.17) is 4.74 Å². The molecule has 0 bridgehead atoms. The number of nitrogens with zero attached hydrogens (tertiary/aromatic N) is 2. The Bertz CT molecular complexity index is 820. The molecule has 1 unspecified atom stereocenters. The lowest BCUT2D eigenvalue weighted by Crippen LogP contribution is -2.29. The highest BCUT2D eigenvalue weighted by Gasteiger charge is 2.27. The summed E-state index contributed by atoms with van der Waals surface area (Å²) in [4.78, 5) is 37.5. The molecule has 2 aromatic rings. The first-order chi connectivity index (χ1) is 11.4. The number of aromatic nitrogens is 1. The minimum Gasteiger partial charge on any atom is -0.468 e. The minimum absolute atomic E-state index is 0.204. The minimum atomic E-state index is -1.13. The van der Waals surface area contributed by atoms with Gasteiger partial charge in [-0.25, -0.2) is 0 Å². The number of carbonyl (C=O) groups is 3. The van der Waals surface area contributed by atoms with E-state index in [1.165, 1.54) is 35.8 Å². The number of amides is 1. The first kappa shape index (κ1) is 17.5. The number of para-hydroxylation sites is 1. The van der Waals surface area contributed by atoms with E-state index >= 15 is 0 Å². The van der Waals surface area contributed by atoms with Crippen LogP contribution in [0.1, 0.15) is 17.3 Å². The molecule has 1 heterocycles. The van der Waals surface area contributed by atoms with Gasteiger partial charge in [-0.1, -0.05) is 18.2 Å². The zero-order valence-corrected chi connectivity index (χ0v) is 14.1. The summed E-state index contributed by atoms with van der Waals surface area (Å²) in [7, 11) is 2.77. The Balaban J connectivity index is 2.44. The summed E-state index contributed by atoms with van der Waals surface area (Å²) in [6, 6.07) is 7.46. The molecule has 0 N–H and O–H groups in total. The van der Waals surface area contributed by atoms with Crippen LogP contribution in [0, 0.1) is 12.8 Å². The van der Waals surface area contributed by atoms with Gasteiger partial charge in [-0.15, -0.1) is 0 Å². The third kappa shape index (κ3) is 3.37. The van der Waals surface area contributed by atoms with Crippen LogP contribution in [-0.4, -0.2) is 41.4 Å². The summed E-state index contributed by atoms with van der Waals surface area (Å²) in [5.74, 6) is -2.44. The average molecular weight is 328 g/mol. The van der Waals surface area contributed by atoms with E-state index in [1.807, 2.05) is 31.2 Å². The van der Waals surface area contributed by atoms with Gasteiger partial charge in [0.2, 0.25) is 11.8 Å². The molecule has 0 saturated carbocycles. The Morgan fingerprint density at radius 1 is 1.25 bits per heavy atom. The van der Waals surface area contributed by atoms with Gasteiger partial charge in [-0.3, -0.25) is 19.0 Å².